The van der Waals surface area contributed by atoms with Crippen molar-refractivity contribution in [3.05, 3.63) is 24.3 Å². The number of carbonyl (C=O) groups excluding carboxylic acids is 1. The Hall–Kier alpha value is -1.75. The molecule has 2 N–H and O–H groups in total. The van der Waals surface area contributed by atoms with E-state index in [9.17, 15) is 4.79 Å². The van der Waals surface area contributed by atoms with E-state index in [1.807, 2.05) is 36.1 Å². The zero-order chi connectivity index (χ0) is 14.4. The number of nitrogens with one attached hydrogen (secondary N) is 2. The minimum atomic E-state index is -0.0642. The number of urea groups is 1. The van der Waals surface area contributed by atoms with E-state index in [1.165, 1.54) is 0 Å². The molecule has 1 atom stereocenters. The third-order valence-electron chi connectivity index (χ3n) is 3.66. The van der Waals surface area contributed by atoms with Crippen molar-refractivity contribution in [1.29, 1.82) is 0 Å². The Bertz CT molecular complexity index is 444. The van der Waals surface area contributed by atoms with Gasteiger partial charge in [0.25, 0.3) is 0 Å². The number of para-hydroxylation sites is 2. The summed E-state index contributed by atoms with van der Waals surface area (Å²) in [6.07, 6.45) is 2.17. The summed E-state index contributed by atoms with van der Waals surface area (Å²) in [4.78, 5) is 14.3. The zero-order valence-corrected chi connectivity index (χ0v) is 12.2. The van der Waals surface area contributed by atoms with Crippen LogP contribution < -0.4 is 15.4 Å². The van der Waals surface area contributed by atoms with E-state index in [4.69, 9.17) is 4.74 Å². The molecule has 1 saturated heterocycles. The highest BCUT2D eigenvalue weighted by Crippen LogP contribution is 2.24. The van der Waals surface area contributed by atoms with E-state index in [2.05, 4.69) is 10.6 Å². The van der Waals surface area contributed by atoms with Crippen LogP contribution in [0.1, 0.15) is 19.8 Å². The number of ether oxygens (including phenoxy) is 1. The van der Waals surface area contributed by atoms with Crippen LogP contribution in [-0.2, 0) is 0 Å². The number of carbonyl (C=O) groups is 1. The Balaban J connectivity index is 2.05. The zero-order valence-electron chi connectivity index (χ0n) is 12.2. The summed E-state index contributed by atoms with van der Waals surface area (Å²) in [5.41, 5.74) is 0.710. The Morgan fingerprint density at radius 3 is 2.95 bits per heavy atom. The number of amides is 2. The van der Waals surface area contributed by atoms with Crippen molar-refractivity contribution in [2.24, 2.45) is 0 Å². The van der Waals surface area contributed by atoms with Crippen LogP contribution in [0.3, 0.4) is 0 Å². The van der Waals surface area contributed by atoms with Crippen LogP contribution in [0.4, 0.5) is 10.5 Å². The molecule has 1 aromatic rings. The van der Waals surface area contributed by atoms with Gasteiger partial charge in [-0.3, -0.25) is 0 Å². The first-order valence-electron chi connectivity index (χ1n) is 7.17. The van der Waals surface area contributed by atoms with Gasteiger partial charge < -0.3 is 20.3 Å². The van der Waals surface area contributed by atoms with Gasteiger partial charge in [-0.15, -0.1) is 0 Å². The highest BCUT2D eigenvalue weighted by atomic mass is 16.5. The second-order valence-corrected chi connectivity index (χ2v) is 4.92. The molecule has 5 nitrogen and oxygen atoms in total. The Labute approximate surface area is 120 Å². The number of piperidine rings is 1. The maximum absolute atomic E-state index is 12.4. The third kappa shape index (κ3) is 3.42. The molecule has 0 spiro atoms. The topological polar surface area (TPSA) is 53.6 Å². The van der Waals surface area contributed by atoms with Gasteiger partial charge in [0, 0.05) is 19.1 Å². The molecule has 0 bridgehead atoms. The lowest BCUT2D eigenvalue weighted by Crippen LogP contribution is -2.50. The molecular formula is C15H23N3O2. The third-order valence-corrected chi connectivity index (χ3v) is 3.66. The molecule has 1 fully saturated rings. The van der Waals surface area contributed by atoms with Crippen molar-refractivity contribution >= 4 is 11.7 Å². The molecule has 5 heteroatoms. The monoisotopic (exact) mass is 277 g/mol. The first kappa shape index (κ1) is 14.7. The van der Waals surface area contributed by atoms with Crippen molar-refractivity contribution in [1.82, 2.24) is 10.2 Å². The van der Waals surface area contributed by atoms with Crippen LogP contribution in [0.5, 0.6) is 5.75 Å². The maximum Gasteiger partial charge on any atom is 0.322 e. The number of hydrogen-bond acceptors (Lipinski definition) is 3. The lowest BCUT2D eigenvalue weighted by Gasteiger charge is -2.34. The summed E-state index contributed by atoms with van der Waals surface area (Å²) in [5.74, 6) is 0.679. The summed E-state index contributed by atoms with van der Waals surface area (Å²) >= 11 is 0. The molecule has 2 amide bonds. The lowest BCUT2D eigenvalue weighted by atomic mass is 10.1. The summed E-state index contributed by atoms with van der Waals surface area (Å²) in [7, 11) is 1.60. The molecule has 2 rings (SSSR count). The van der Waals surface area contributed by atoms with E-state index in [0.29, 0.717) is 18.0 Å². The van der Waals surface area contributed by atoms with E-state index in [-0.39, 0.29) is 12.1 Å². The van der Waals surface area contributed by atoms with Crippen molar-refractivity contribution in [2.75, 3.05) is 32.1 Å². The van der Waals surface area contributed by atoms with Crippen molar-refractivity contribution < 1.29 is 9.53 Å². The van der Waals surface area contributed by atoms with Gasteiger partial charge in [0.1, 0.15) is 5.75 Å². The van der Waals surface area contributed by atoms with Crippen molar-refractivity contribution in [3.8, 4) is 5.75 Å². The Morgan fingerprint density at radius 2 is 2.30 bits per heavy atom. The fourth-order valence-electron chi connectivity index (χ4n) is 2.60. The smallest absolute Gasteiger partial charge is 0.322 e. The van der Waals surface area contributed by atoms with Crippen molar-refractivity contribution in [3.63, 3.8) is 0 Å². The van der Waals surface area contributed by atoms with Crippen molar-refractivity contribution in [2.45, 2.75) is 25.8 Å². The molecule has 0 aliphatic carbocycles. The first-order valence-corrected chi connectivity index (χ1v) is 7.17. The number of nitrogens with zero attached hydrogens (tertiary/aromatic N) is 1. The van der Waals surface area contributed by atoms with Crippen LogP contribution in [-0.4, -0.2) is 43.7 Å². The Kier molecular flexibility index (Phi) is 5.24. The van der Waals surface area contributed by atoms with Gasteiger partial charge in [-0.1, -0.05) is 12.1 Å². The molecule has 1 aliphatic rings. The largest absolute Gasteiger partial charge is 0.495 e. The maximum atomic E-state index is 12.4. The quantitative estimate of drug-likeness (QED) is 0.888. The fraction of sp³-hybridized carbons (Fsp3) is 0.533. The van der Waals surface area contributed by atoms with Gasteiger partial charge in [-0.25, -0.2) is 4.79 Å². The highest BCUT2D eigenvalue weighted by Gasteiger charge is 2.24. The van der Waals surface area contributed by atoms with E-state index >= 15 is 0 Å². The molecule has 1 aliphatic heterocycles. The van der Waals surface area contributed by atoms with Gasteiger partial charge >= 0.3 is 6.03 Å². The normalized spacial score (nSPS) is 18.4. The van der Waals surface area contributed by atoms with Crippen LogP contribution in [0.25, 0.3) is 0 Å². The number of anilines is 1. The standard InChI is InChI=1S/C15H23N3O2/c1-3-18(12-7-6-10-16-11-12)15(19)17-13-8-4-5-9-14(13)20-2/h4-5,8-9,12,16H,3,6-7,10-11H2,1-2H3,(H,17,19). The summed E-state index contributed by atoms with van der Waals surface area (Å²) < 4.78 is 5.26. The van der Waals surface area contributed by atoms with Crippen LogP contribution in [0, 0.1) is 0 Å². The molecular weight excluding hydrogens is 254 g/mol. The summed E-state index contributed by atoms with van der Waals surface area (Å²) in [6.45, 7) is 4.62. The Morgan fingerprint density at radius 1 is 1.50 bits per heavy atom. The number of methoxy groups -OCH3 is 1. The molecule has 0 aromatic heterocycles. The molecule has 110 valence electrons. The minimum absolute atomic E-state index is 0.0642. The van der Waals surface area contributed by atoms with E-state index < -0.39 is 0 Å². The molecule has 20 heavy (non-hydrogen) atoms. The molecule has 0 radical (unpaired) electrons. The van der Waals surface area contributed by atoms with Gasteiger partial charge in [0.05, 0.1) is 12.8 Å². The van der Waals surface area contributed by atoms with Gasteiger partial charge in [0.15, 0.2) is 0 Å². The average Bonchev–Trinajstić information content (AvgIpc) is 2.49. The predicted octanol–water partition coefficient (Wildman–Crippen LogP) is 2.30. The number of likely N-dealkylation sites (N-methyl/N-ethyl adjacent to an activating group) is 1. The van der Waals surface area contributed by atoms with Gasteiger partial charge in [-0.2, -0.15) is 0 Å². The van der Waals surface area contributed by atoms with E-state index in [0.717, 1.165) is 25.9 Å². The first-order chi connectivity index (χ1) is 9.76. The SMILES string of the molecule is CCN(C(=O)Nc1ccccc1OC)C1CCCNC1. The van der Waals surface area contributed by atoms with Crippen LogP contribution in [0.2, 0.25) is 0 Å². The summed E-state index contributed by atoms with van der Waals surface area (Å²) in [5, 5.41) is 6.29. The highest BCUT2D eigenvalue weighted by molar-refractivity contribution is 5.91. The molecule has 0 saturated carbocycles. The lowest BCUT2D eigenvalue weighted by molar-refractivity contribution is 0.177. The molecule has 1 unspecified atom stereocenters. The minimum Gasteiger partial charge on any atom is -0.495 e. The second-order valence-electron chi connectivity index (χ2n) is 4.92. The average molecular weight is 277 g/mol. The van der Waals surface area contributed by atoms with Gasteiger partial charge in [0.2, 0.25) is 0 Å². The van der Waals surface area contributed by atoms with E-state index in [1.54, 1.807) is 7.11 Å². The second kappa shape index (κ2) is 7.14. The van der Waals surface area contributed by atoms with Crippen LogP contribution >= 0.6 is 0 Å². The number of hydrogen-bond donors (Lipinski definition) is 2. The fourth-order valence-corrected chi connectivity index (χ4v) is 2.60. The van der Waals surface area contributed by atoms with Gasteiger partial charge in [-0.05, 0) is 38.4 Å². The predicted molar refractivity (Wildman–Crippen MR) is 80.3 cm³/mol. The van der Waals surface area contributed by atoms with Crippen LogP contribution in [0.15, 0.2) is 24.3 Å². The summed E-state index contributed by atoms with van der Waals surface area (Å²) in [6, 6.07) is 7.67. The number of rotatable bonds is 4. The number of benzene rings is 1. The molecule has 1 heterocycles. The molecule has 1 aromatic carbocycles.